The molecule has 2 unspecified atom stereocenters. The number of quaternary nitrogens is 1. The number of phosphoric acid groups is 1. The van der Waals surface area contributed by atoms with Gasteiger partial charge < -0.3 is 27.9 Å². The molecule has 0 radical (unpaired) electrons. The zero-order valence-corrected chi connectivity index (χ0v) is 42.8. The number of ether oxygens (including phenoxy) is 2. The van der Waals surface area contributed by atoms with E-state index in [1.54, 1.807) is 0 Å². The van der Waals surface area contributed by atoms with Crippen LogP contribution in [0.4, 0.5) is 0 Å². The van der Waals surface area contributed by atoms with Crippen molar-refractivity contribution in [3.63, 3.8) is 0 Å². The van der Waals surface area contributed by atoms with Gasteiger partial charge in [-0.25, -0.2) is 0 Å². The fraction of sp³-hybridized carbons (Fsp3) is 0.727. The van der Waals surface area contributed by atoms with E-state index in [0.29, 0.717) is 24.1 Å². The van der Waals surface area contributed by atoms with Gasteiger partial charge in [0.25, 0.3) is 7.82 Å². The van der Waals surface area contributed by atoms with Crippen molar-refractivity contribution in [3.05, 3.63) is 85.1 Å². The summed E-state index contributed by atoms with van der Waals surface area (Å²) in [5.41, 5.74) is 0. The summed E-state index contributed by atoms with van der Waals surface area (Å²) in [6.45, 7) is 5.26. The molecule has 8 nitrogen and oxygen atoms in total. The molecule has 0 amide bonds. The number of carbonyl (C=O) groups is 1. The molecule has 0 N–H and O–H groups in total. The van der Waals surface area contributed by atoms with Crippen molar-refractivity contribution in [2.45, 2.75) is 206 Å². The van der Waals surface area contributed by atoms with Crippen LogP contribution >= 0.6 is 7.82 Å². The molecule has 0 bridgehead atoms. The second-order valence-corrected chi connectivity index (χ2v) is 19.6. The Morgan fingerprint density at radius 3 is 1.38 bits per heavy atom. The zero-order valence-electron chi connectivity index (χ0n) is 42.0. The highest BCUT2D eigenvalue weighted by molar-refractivity contribution is 7.45. The van der Waals surface area contributed by atoms with E-state index in [-0.39, 0.29) is 25.8 Å². The molecule has 0 aliphatic rings. The number of rotatable bonds is 47. The van der Waals surface area contributed by atoms with Gasteiger partial charge in [-0.2, -0.15) is 0 Å². The van der Waals surface area contributed by atoms with E-state index >= 15 is 0 Å². The molecule has 0 spiro atoms. The summed E-state index contributed by atoms with van der Waals surface area (Å²) in [5.74, 6) is -0.353. The summed E-state index contributed by atoms with van der Waals surface area (Å²) in [5, 5.41) is 0. The molecule has 0 aliphatic carbocycles. The highest BCUT2D eigenvalue weighted by Gasteiger charge is 2.20. The summed E-state index contributed by atoms with van der Waals surface area (Å²) < 4.78 is 34.7. The monoisotopic (exact) mass is 916 g/mol. The van der Waals surface area contributed by atoms with E-state index in [1.165, 1.54) is 96.3 Å². The average Bonchev–Trinajstić information content (AvgIpc) is 3.25. The summed E-state index contributed by atoms with van der Waals surface area (Å²) in [4.78, 5) is 25.2. The fourth-order valence-corrected chi connectivity index (χ4v) is 7.45. The molecule has 9 heteroatoms. The van der Waals surface area contributed by atoms with Gasteiger partial charge in [0.2, 0.25) is 0 Å². The molecule has 0 aliphatic heterocycles. The Labute approximate surface area is 395 Å². The van der Waals surface area contributed by atoms with Crippen molar-refractivity contribution in [3.8, 4) is 0 Å². The molecule has 0 saturated carbocycles. The number of unbranched alkanes of at least 4 members (excludes halogenated alkanes) is 19. The van der Waals surface area contributed by atoms with Gasteiger partial charge in [-0.1, -0.05) is 189 Å². The van der Waals surface area contributed by atoms with Crippen molar-refractivity contribution >= 4 is 13.8 Å². The first kappa shape index (κ1) is 61.7. The second kappa shape index (κ2) is 47.2. The molecule has 0 rings (SSSR count). The van der Waals surface area contributed by atoms with Crippen LogP contribution in [0.5, 0.6) is 0 Å². The third kappa shape index (κ3) is 50.7. The minimum absolute atomic E-state index is 0.0176. The van der Waals surface area contributed by atoms with Gasteiger partial charge in [0, 0.05) is 13.0 Å². The minimum Gasteiger partial charge on any atom is -0.756 e. The topological polar surface area (TPSA) is 94.1 Å². The van der Waals surface area contributed by atoms with Crippen LogP contribution in [0.3, 0.4) is 0 Å². The lowest BCUT2D eigenvalue weighted by Crippen LogP contribution is -2.37. The molecule has 0 aromatic rings. The maximum absolute atomic E-state index is 12.8. The number of nitrogens with zero attached hydrogens (tertiary/aromatic N) is 1. The lowest BCUT2D eigenvalue weighted by atomic mass is 10.1. The highest BCUT2D eigenvalue weighted by atomic mass is 31.2. The largest absolute Gasteiger partial charge is 0.756 e. The van der Waals surface area contributed by atoms with E-state index in [0.717, 1.165) is 83.5 Å². The van der Waals surface area contributed by atoms with Crippen molar-refractivity contribution in [1.29, 1.82) is 0 Å². The molecule has 0 aromatic carbocycles. The van der Waals surface area contributed by atoms with Gasteiger partial charge in [0.05, 0.1) is 34.4 Å². The third-order valence-corrected chi connectivity index (χ3v) is 11.6. The first-order valence-corrected chi connectivity index (χ1v) is 27.3. The van der Waals surface area contributed by atoms with Crippen LogP contribution in [0.15, 0.2) is 85.1 Å². The third-order valence-electron chi connectivity index (χ3n) is 10.7. The summed E-state index contributed by atoms with van der Waals surface area (Å²) in [6, 6.07) is 0. The van der Waals surface area contributed by atoms with E-state index < -0.39 is 13.9 Å². The van der Waals surface area contributed by atoms with Crippen LogP contribution in [0.25, 0.3) is 0 Å². The Bertz CT molecular complexity index is 1300. The van der Waals surface area contributed by atoms with E-state index in [2.05, 4.69) is 98.9 Å². The minimum atomic E-state index is -4.54. The van der Waals surface area contributed by atoms with Crippen molar-refractivity contribution in [1.82, 2.24) is 0 Å². The lowest BCUT2D eigenvalue weighted by molar-refractivity contribution is -0.870. The van der Waals surface area contributed by atoms with Gasteiger partial charge in [0.15, 0.2) is 0 Å². The predicted molar refractivity (Wildman–Crippen MR) is 272 cm³/mol. The Hall–Kier alpha value is -2.32. The zero-order chi connectivity index (χ0) is 46.9. The normalized spacial score (nSPS) is 14.3. The van der Waals surface area contributed by atoms with Crippen LogP contribution in [0.1, 0.15) is 200 Å². The number of allylic oxidation sites excluding steroid dienone is 14. The average molecular weight is 916 g/mol. The van der Waals surface area contributed by atoms with Crippen LogP contribution in [-0.2, 0) is 27.9 Å². The Morgan fingerprint density at radius 1 is 0.500 bits per heavy atom. The number of carbonyl (C=O) groups excluding carboxylic acids is 1. The standard InChI is InChI=1S/C55H98NO7P/c1-6-8-10-12-14-16-18-20-22-24-25-26-27-28-29-30-31-32-34-36-38-40-42-44-46-48-55(57)63-54(53-62-64(58,59)61-51-49-56(3,4)5)52-60-50-47-45-43-41-39-37-35-33-23-21-19-17-15-13-11-9-7-2/h8,10,14,16,20,22-23,25-26,28-29,31-33,54H,6-7,9,11-13,15,17-19,21,24,27,30,34-53H2,1-5H3/b10-8-,16-14-,22-20-,26-25-,29-28-,32-31-,33-23-. The van der Waals surface area contributed by atoms with Crippen molar-refractivity contribution in [2.24, 2.45) is 0 Å². The summed E-state index contributed by atoms with van der Waals surface area (Å²) in [7, 11) is 1.33. The molecule has 0 saturated heterocycles. The van der Waals surface area contributed by atoms with Crippen LogP contribution in [0.2, 0.25) is 0 Å². The lowest BCUT2D eigenvalue weighted by Gasteiger charge is -2.28. The van der Waals surface area contributed by atoms with Crippen LogP contribution < -0.4 is 4.89 Å². The molecule has 2 atom stereocenters. The first-order valence-electron chi connectivity index (χ1n) is 25.8. The fourth-order valence-electron chi connectivity index (χ4n) is 6.72. The number of hydrogen-bond acceptors (Lipinski definition) is 7. The molecule has 64 heavy (non-hydrogen) atoms. The quantitative estimate of drug-likeness (QED) is 0.0197. The van der Waals surface area contributed by atoms with Gasteiger partial charge >= 0.3 is 5.97 Å². The maximum Gasteiger partial charge on any atom is 0.306 e. The molecular formula is C55H98NO7P. The van der Waals surface area contributed by atoms with Gasteiger partial charge in [-0.3, -0.25) is 9.36 Å². The molecule has 370 valence electrons. The maximum atomic E-state index is 12.8. The van der Waals surface area contributed by atoms with E-state index in [9.17, 15) is 14.3 Å². The Kier molecular flexibility index (Phi) is 45.5. The van der Waals surface area contributed by atoms with Crippen molar-refractivity contribution < 1.29 is 37.3 Å². The number of phosphoric ester groups is 1. The number of hydrogen-bond donors (Lipinski definition) is 0. The van der Waals surface area contributed by atoms with E-state index in [1.807, 2.05) is 21.1 Å². The van der Waals surface area contributed by atoms with Gasteiger partial charge in [0.1, 0.15) is 19.3 Å². The first-order chi connectivity index (χ1) is 31.1. The van der Waals surface area contributed by atoms with Crippen LogP contribution in [-0.4, -0.2) is 70.7 Å². The second-order valence-electron chi connectivity index (χ2n) is 18.1. The highest BCUT2D eigenvalue weighted by Crippen LogP contribution is 2.38. The Morgan fingerprint density at radius 2 is 0.906 bits per heavy atom. The SMILES string of the molecule is CC/C=C\C/C=C\C/C=C\C/C=C\C/C=C\C/C=C\CCCCCCCCC(=O)OC(COCCCCCCCC/C=C\CCCCCCCCC)COP(=O)([O-])OCC[N+](C)(C)C. The van der Waals surface area contributed by atoms with Gasteiger partial charge in [-0.15, -0.1) is 0 Å². The van der Waals surface area contributed by atoms with E-state index in [4.69, 9.17) is 18.5 Å². The van der Waals surface area contributed by atoms with Gasteiger partial charge in [-0.05, 0) is 89.9 Å². The Balaban J connectivity index is 4.21. The molecular weight excluding hydrogens is 818 g/mol. The smallest absolute Gasteiger partial charge is 0.306 e. The van der Waals surface area contributed by atoms with Crippen LogP contribution in [0, 0.1) is 0 Å². The van der Waals surface area contributed by atoms with Crippen molar-refractivity contribution in [2.75, 3.05) is 54.1 Å². The summed E-state index contributed by atoms with van der Waals surface area (Å²) >= 11 is 0. The predicted octanol–water partition coefficient (Wildman–Crippen LogP) is 15.4. The molecule has 0 aromatic heterocycles. The molecule has 0 heterocycles. The molecule has 0 fully saturated rings. The summed E-state index contributed by atoms with van der Waals surface area (Å²) in [6.07, 6.45) is 63.2. The number of likely N-dealkylation sites (N-methyl/N-ethyl adjacent to an activating group) is 1. The number of esters is 1.